The molecule has 0 atom stereocenters. The number of rotatable bonds is 3. The van der Waals surface area contributed by atoms with Crippen LogP contribution in [-0.2, 0) is 6.54 Å². The van der Waals surface area contributed by atoms with Gasteiger partial charge >= 0.3 is 0 Å². The Hall–Kier alpha value is -1.07. The van der Waals surface area contributed by atoms with Crippen molar-refractivity contribution < 1.29 is 8.78 Å². The van der Waals surface area contributed by atoms with E-state index in [1.165, 1.54) is 6.07 Å². The first-order valence-electron chi connectivity index (χ1n) is 5.42. The van der Waals surface area contributed by atoms with Gasteiger partial charge in [0.05, 0.1) is 0 Å². The van der Waals surface area contributed by atoms with Crippen molar-refractivity contribution in [2.45, 2.75) is 13.0 Å². The molecule has 1 N–H and O–H groups in total. The van der Waals surface area contributed by atoms with Gasteiger partial charge in [0.25, 0.3) is 6.43 Å². The quantitative estimate of drug-likeness (QED) is 0.846. The van der Waals surface area contributed by atoms with E-state index in [0.29, 0.717) is 0 Å². The number of piperazine rings is 1. The van der Waals surface area contributed by atoms with Crippen molar-refractivity contribution >= 4 is 0 Å². The van der Waals surface area contributed by atoms with E-state index in [1.54, 1.807) is 12.3 Å². The average Bonchev–Trinajstić information content (AvgIpc) is 2.31. The first kappa shape index (κ1) is 11.4. The predicted octanol–water partition coefficient (Wildman–Crippen LogP) is 1.42. The summed E-state index contributed by atoms with van der Waals surface area (Å²) in [5.74, 6) is 0. The van der Waals surface area contributed by atoms with Crippen LogP contribution in [0.15, 0.2) is 18.3 Å². The number of hydrogen-bond acceptors (Lipinski definition) is 3. The number of nitrogens with one attached hydrogen (secondary N) is 1. The van der Waals surface area contributed by atoms with Crippen LogP contribution in [0.1, 0.15) is 17.7 Å². The van der Waals surface area contributed by atoms with E-state index in [-0.39, 0.29) is 5.69 Å². The van der Waals surface area contributed by atoms with Gasteiger partial charge in [-0.1, -0.05) is 6.07 Å². The summed E-state index contributed by atoms with van der Waals surface area (Å²) in [5.41, 5.74) is 0.843. The van der Waals surface area contributed by atoms with Gasteiger partial charge in [-0.3, -0.25) is 9.88 Å². The zero-order valence-electron chi connectivity index (χ0n) is 9.00. The minimum absolute atomic E-state index is 0.149. The van der Waals surface area contributed by atoms with E-state index in [2.05, 4.69) is 15.2 Å². The summed E-state index contributed by atoms with van der Waals surface area (Å²) in [6.07, 6.45) is -0.933. The van der Waals surface area contributed by atoms with Crippen LogP contribution in [-0.4, -0.2) is 36.1 Å². The van der Waals surface area contributed by atoms with Crippen molar-refractivity contribution in [1.29, 1.82) is 0 Å². The molecule has 2 rings (SSSR count). The van der Waals surface area contributed by atoms with Crippen molar-refractivity contribution in [2.24, 2.45) is 0 Å². The molecule has 2 heterocycles. The molecule has 16 heavy (non-hydrogen) atoms. The number of pyridine rings is 1. The molecule has 1 aliphatic rings. The molecular formula is C11H15F2N3. The third kappa shape index (κ3) is 2.96. The van der Waals surface area contributed by atoms with Crippen molar-refractivity contribution in [3.8, 4) is 0 Å². The van der Waals surface area contributed by atoms with Gasteiger partial charge in [0.15, 0.2) is 0 Å². The first-order chi connectivity index (χ1) is 7.75. The summed E-state index contributed by atoms with van der Waals surface area (Å²) in [4.78, 5) is 6.04. The zero-order chi connectivity index (χ0) is 11.4. The van der Waals surface area contributed by atoms with Crippen LogP contribution in [0.4, 0.5) is 8.78 Å². The van der Waals surface area contributed by atoms with Gasteiger partial charge in [0.1, 0.15) is 5.69 Å². The molecule has 0 spiro atoms. The second-order valence-electron chi connectivity index (χ2n) is 3.92. The maximum Gasteiger partial charge on any atom is 0.280 e. The standard InChI is InChI=1S/C11H15F2N3/c12-11(13)10-2-1-9(7-15-10)8-16-5-3-14-4-6-16/h1-2,7,11,14H,3-6,8H2. The minimum atomic E-state index is -2.48. The topological polar surface area (TPSA) is 28.2 Å². The van der Waals surface area contributed by atoms with Gasteiger partial charge in [-0.2, -0.15) is 0 Å². The number of nitrogens with zero attached hydrogens (tertiary/aromatic N) is 2. The Morgan fingerprint density at radius 2 is 2.06 bits per heavy atom. The number of alkyl halides is 2. The molecule has 0 saturated carbocycles. The molecule has 0 aromatic carbocycles. The van der Waals surface area contributed by atoms with Gasteiger partial charge in [-0.05, 0) is 11.6 Å². The lowest BCUT2D eigenvalue weighted by atomic mass is 10.2. The molecule has 1 aromatic rings. The fourth-order valence-corrected chi connectivity index (χ4v) is 1.79. The normalized spacial score (nSPS) is 17.9. The SMILES string of the molecule is FC(F)c1ccc(CN2CCNCC2)cn1. The maximum absolute atomic E-state index is 12.3. The van der Waals surface area contributed by atoms with Gasteiger partial charge in [-0.15, -0.1) is 0 Å². The van der Waals surface area contributed by atoms with E-state index < -0.39 is 6.43 Å². The van der Waals surface area contributed by atoms with Crippen molar-refractivity contribution in [3.63, 3.8) is 0 Å². The summed E-state index contributed by atoms with van der Waals surface area (Å²) in [7, 11) is 0. The van der Waals surface area contributed by atoms with E-state index >= 15 is 0 Å². The summed E-state index contributed by atoms with van der Waals surface area (Å²) >= 11 is 0. The molecule has 0 unspecified atom stereocenters. The van der Waals surface area contributed by atoms with Crippen LogP contribution in [0.3, 0.4) is 0 Å². The molecule has 5 heteroatoms. The second-order valence-corrected chi connectivity index (χ2v) is 3.92. The highest BCUT2D eigenvalue weighted by Crippen LogP contribution is 2.16. The number of halogens is 2. The van der Waals surface area contributed by atoms with Gasteiger partial charge in [0, 0.05) is 38.9 Å². The molecule has 0 radical (unpaired) electrons. The third-order valence-electron chi connectivity index (χ3n) is 2.69. The van der Waals surface area contributed by atoms with Crippen LogP contribution >= 0.6 is 0 Å². The molecule has 88 valence electrons. The lowest BCUT2D eigenvalue weighted by molar-refractivity contribution is 0.146. The fraction of sp³-hybridized carbons (Fsp3) is 0.545. The summed E-state index contributed by atoms with van der Waals surface area (Å²) < 4.78 is 24.6. The number of hydrogen-bond donors (Lipinski definition) is 1. The van der Waals surface area contributed by atoms with Gasteiger partial charge in [0.2, 0.25) is 0 Å². The predicted molar refractivity (Wildman–Crippen MR) is 57.3 cm³/mol. The Labute approximate surface area is 93.5 Å². The van der Waals surface area contributed by atoms with Crippen LogP contribution < -0.4 is 5.32 Å². The Bertz CT molecular complexity index is 321. The van der Waals surface area contributed by atoms with Crippen LogP contribution in [0, 0.1) is 0 Å². The van der Waals surface area contributed by atoms with Gasteiger partial charge in [-0.25, -0.2) is 8.78 Å². The van der Waals surface area contributed by atoms with Gasteiger partial charge < -0.3 is 5.32 Å². The highest BCUT2D eigenvalue weighted by molar-refractivity contribution is 5.14. The molecule has 1 aromatic heterocycles. The molecule has 1 saturated heterocycles. The Kier molecular flexibility index (Phi) is 3.79. The molecule has 1 aliphatic heterocycles. The Morgan fingerprint density at radius 1 is 1.31 bits per heavy atom. The van der Waals surface area contributed by atoms with Crippen molar-refractivity contribution in [3.05, 3.63) is 29.6 Å². The molecule has 0 bridgehead atoms. The van der Waals surface area contributed by atoms with E-state index in [9.17, 15) is 8.78 Å². The second kappa shape index (κ2) is 5.32. The Morgan fingerprint density at radius 3 is 2.62 bits per heavy atom. The smallest absolute Gasteiger partial charge is 0.280 e. The van der Waals surface area contributed by atoms with Crippen LogP contribution in [0.5, 0.6) is 0 Å². The molecule has 0 amide bonds. The van der Waals surface area contributed by atoms with E-state index in [1.807, 2.05) is 0 Å². The lowest BCUT2D eigenvalue weighted by Gasteiger charge is -2.27. The molecule has 1 fully saturated rings. The average molecular weight is 227 g/mol. The molecule has 3 nitrogen and oxygen atoms in total. The molecule has 0 aliphatic carbocycles. The fourth-order valence-electron chi connectivity index (χ4n) is 1.79. The highest BCUT2D eigenvalue weighted by Gasteiger charge is 2.11. The maximum atomic E-state index is 12.3. The van der Waals surface area contributed by atoms with Crippen molar-refractivity contribution in [1.82, 2.24) is 15.2 Å². The lowest BCUT2D eigenvalue weighted by Crippen LogP contribution is -2.42. The third-order valence-corrected chi connectivity index (χ3v) is 2.69. The van der Waals surface area contributed by atoms with E-state index in [0.717, 1.165) is 38.3 Å². The summed E-state index contributed by atoms with van der Waals surface area (Å²) in [6, 6.07) is 3.14. The minimum Gasteiger partial charge on any atom is -0.314 e. The van der Waals surface area contributed by atoms with Crippen LogP contribution in [0.25, 0.3) is 0 Å². The van der Waals surface area contributed by atoms with Crippen molar-refractivity contribution in [2.75, 3.05) is 26.2 Å². The first-order valence-corrected chi connectivity index (χ1v) is 5.42. The zero-order valence-corrected chi connectivity index (χ0v) is 9.00. The monoisotopic (exact) mass is 227 g/mol. The van der Waals surface area contributed by atoms with E-state index in [4.69, 9.17) is 0 Å². The summed E-state index contributed by atoms with van der Waals surface area (Å²) in [5, 5.41) is 3.27. The summed E-state index contributed by atoms with van der Waals surface area (Å²) in [6.45, 7) is 4.76. The highest BCUT2D eigenvalue weighted by atomic mass is 19.3. The number of aromatic nitrogens is 1. The largest absolute Gasteiger partial charge is 0.314 e. The van der Waals surface area contributed by atoms with Crippen LogP contribution in [0.2, 0.25) is 0 Å². The Balaban J connectivity index is 1.93. The molecular weight excluding hydrogens is 212 g/mol.